The Morgan fingerprint density at radius 1 is 1.18 bits per heavy atom. The van der Waals surface area contributed by atoms with E-state index in [2.05, 4.69) is 0 Å². The number of nitro groups is 1. The van der Waals surface area contributed by atoms with Crippen molar-refractivity contribution < 1.29 is 23.6 Å². The average Bonchev–Trinajstić information content (AvgIpc) is 2.66. The van der Waals surface area contributed by atoms with E-state index in [0.717, 1.165) is 0 Å². The minimum Gasteiger partial charge on any atom is -0.482 e. The maximum Gasteiger partial charge on any atom is 0.338 e. The Morgan fingerprint density at radius 2 is 1.89 bits per heavy atom. The van der Waals surface area contributed by atoms with Crippen LogP contribution in [0.15, 0.2) is 51.7 Å². The fourth-order valence-electron chi connectivity index (χ4n) is 2.71. The van der Waals surface area contributed by atoms with Crippen LogP contribution in [0.25, 0.3) is 11.0 Å². The lowest BCUT2D eigenvalue weighted by Crippen LogP contribution is -2.05. The quantitative estimate of drug-likeness (QED) is 0.276. The lowest BCUT2D eigenvalue weighted by molar-refractivity contribution is -0.385. The molecule has 0 saturated carbocycles. The molecule has 8 nitrogen and oxygen atoms in total. The Morgan fingerprint density at radius 3 is 2.54 bits per heavy atom. The predicted molar refractivity (Wildman–Crippen MR) is 101 cm³/mol. The van der Waals surface area contributed by atoms with Gasteiger partial charge < -0.3 is 13.9 Å². The summed E-state index contributed by atoms with van der Waals surface area (Å²) in [7, 11) is 0. The van der Waals surface area contributed by atoms with Crippen LogP contribution < -0.4 is 10.4 Å². The zero-order valence-corrected chi connectivity index (χ0v) is 15.3. The van der Waals surface area contributed by atoms with Gasteiger partial charge in [0.1, 0.15) is 12.2 Å². The van der Waals surface area contributed by atoms with E-state index in [1.54, 1.807) is 38.1 Å². The number of fused-ring (bicyclic) bond motifs is 1. The number of carbonyl (C=O) groups excluding carboxylic acids is 1. The molecule has 0 radical (unpaired) electrons. The van der Waals surface area contributed by atoms with Crippen LogP contribution in [0.5, 0.6) is 5.75 Å². The number of ether oxygens (including phenoxy) is 2. The minimum atomic E-state index is -0.552. The van der Waals surface area contributed by atoms with Crippen molar-refractivity contribution in [3.05, 3.63) is 79.7 Å². The molecule has 1 aromatic heterocycles. The third kappa shape index (κ3) is 4.01. The largest absolute Gasteiger partial charge is 0.482 e. The van der Waals surface area contributed by atoms with E-state index in [9.17, 15) is 19.7 Å². The molecule has 0 aliphatic rings. The Hall–Kier alpha value is -3.68. The van der Waals surface area contributed by atoms with E-state index < -0.39 is 16.5 Å². The highest BCUT2D eigenvalue weighted by Gasteiger charge is 2.19. The highest BCUT2D eigenvalue weighted by Crippen LogP contribution is 2.33. The van der Waals surface area contributed by atoms with Gasteiger partial charge in [-0.15, -0.1) is 0 Å². The van der Waals surface area contributed by atoms with Crippen LogP contribution in [-0.4, -0.2) is 17.5 Å². The Kier molecular flexibility index (Phi) is 5.39. The van der Waals surface area contributed by atoms with Gasteiger partial charge in [0, 0.05) is 23.6 Å². The second-order valence-electron chi connectivity index (χ2n) is 6.03. The van der Waals surface area contributed by atoms with Crippen molar-refractivity contribution in [2.75, 3.05) is 6.61 Å². The van der Waals surface area contributed by atoms with Crippen molar-refractivity contribution in [2.24, 2.45) is 0 Å². The summed E-state index contributed by atoms with van der Waals surface area (Å²) in [6.45, 7) is 3.71. The molecule has 0 saturated heterocycles. The third-order valence-corrected chi connectivity index (χ3v) is 4.09. The van der Waals surface area contributed by atoms with Gasteiger partial charge in [0.05, 0.1) is 17.1 Å². The minimum absolute atomic E-state index is 0.0132. The molecule has 0 atom stereocenters. The van der Waals surface area contributed by atoms with Gasteiger partial charge >= 0.3 is 17.3 Å². The maximum atomic E-state index is 11.7. The maximum absolute atomic E-state index is 11.7. The highest BCUT2D eigenvalue weighted by molar-refractivity contribution is 5.89. The number of rotatable bonds is 6. The van der Waals surface area contributed by atoms with Crippen LogP contribution in [0.2, 0.25) is 0 Å². The molecule has 0 bridgehead atoms. The summed E-state index contributed by atoms with van der Waals surface area (Å²) in [6.07, 6.45) is 0. The van der Waals surface area contributed by atoms with Gasteiger partial charge in [0.25, 0.3) is 0 Å². The van der Waals surface area contributed by atoms with Crippen LogP contribution in [0, 0.1) is 17.0 Å². The first-order valence-corrected chi connectivity index (χ1v) is 8.50. The number of hydrogen-bond donors (Lipinski definition) is 0. The molecule has 0 unspecified atom stereocenters. The molecule has 3 aromatic rings. The predicted octanol–water partition coefficient (Wildman–Crippen LogP) is 3.77. The number of carbonyl (C=O) groups is 1. The number of benzene rings is 2. The Bertz CT molecular complexity index is 1100. The third-order valence-electron chi connectivity index (χ3n) is 4.09. The van der Waals surface area contributed by atoms with Crippen LogP contribution in [0.4, 0.5) is 5.69 Å². The zero-order valence-electron chi connectivity index (χ0n) is 15.3. The van der Waals surface area contributed by atoms with Crippen LogP contribution in [-0.2, 0) is 11.3 Å². The fraction of sp³-hybridized carbons (Fsp3) is 0.200. The molecule has 0 aliphatic heterocycles. The van der Waals surface area contributed by atoms with E-state index in [4.69, 9.17) is 13.9 Å². The lowest BCUT2D eigenvalue weighted by Gasteiger charge is -2.09. The standard InChI is InChI=1S/C20H17NO7/c1-3-26-20(23)14-6-4-13(5-7-14)11-27-18-10-17-15(9-16(18)21(24)25)12(2)8-19(22)28-17/h4-10H,3,11H2,1-2H3. The SMILES string of the molecule is CCOC(=O)c1ccc(COc2cc3oc(=O)cc(C)c3cc2[N+](=O)[O-])cc1. The lowest BCUT2D eigenvalue weighted by atomic mass is 10.1. The van der Waals surface area contributed by atoms with E-state index >= 15 is 0 Å². The van der Waals surface area contributed by atoms with Gasteiger partial charge in [-0.25, -0.2) is 9.59 Å². The second kappa shape index (κ2) is 7.91. The number of hydrogen-bond acceptors (Lipinski definition) is 7. The molecule has 0 fully saturated rings. The average molecular weight is 383 g/mol. The van der Waals surface area contributed by atoms with Crippen molar-refractivity contribution in [2.45, 2.75) is 20.5 Å². The van der Waals surface area contributed by atoms with Crippen molar-refractivity contribution >= 4 is 22.6 Å². The molecule has 28 heavy (non-hydrogen) atoms. The molecular weight excluding hydrogens is 366 g/mol. The highest BCUT2D eigenvalue weighted by atomic mass is 16.6. The van der Waals surface area contributed by atoms with Gasteiger partial charge in [-0.3, -0.25) is 10.1 Å². The number of nitro benzene ring substituents is 1. The summed E-state index contributed by atoms with van der Waals surface area (Å²) in [5.74, 6) is -0.439. The number of nitrogens with zero attached hydrogens (tertiary/aromatic N) is 1. The monoisotopic (exact) mass is 383 g/mol. The summed E-state index contributed by atoms with van der Waals surface area (Å²) < 4.78 is 15.6. The van der Waals surface area contributed by atoms with E-state index in [1.807, 2.05) is 0 Å². The van der Waals surface area contributed by atoms with Gasteiger partial charge in [0.2, 0.25) is 5.75 Å². The fourth-order valence-corrected chi connectivity index (χ4v) is 2.71. The normalized spacial score (nSPS) is 10.6. The molecule has 0 N–H and O–H groups in total. The zero-order chi connectivity index (χ0) is 20.3. The topological polar surface area (TPSA) is 109 Å². The molecule has 0 amide bonds. The first kappa shape index (κ1) is 19.1. The molecule has 3 rings (SSSR count). The smallest absolute Gasteiger partial charge is 0.338 e. The first-order chi connectivity index (χ1) is 13.4. The van der Waals surface area contributed by atoms with Crippen LogP contribution in [0.1, 0.15) is 28.4 Å². The van der Waals surface area contributed by atoms with E-state index in [1.165, 1.54) is 18.2 Å². The molecule has 1 heterocycles. The summed E-state index contributed by atoms with van der Waals surface area (Å²) in [6, 6.07) is 10.5. The summed E-state index contributed by atoms with van der Waals surface area (Å²) >= 11 is 0. The number of esters is 1. The van der Waals surface area contributed by atoms with Crippen molar-refractivity contribution in [3.8, 4) is 5.75 Å². The van der Waals surface area contributed by atoms with Crippen molar-refractivity contribution in [1.29, 1.82) is 0 Å². The van der Waals surface area contributed by atoms with Crippen LogP contribution >= 0.6 is 0 Å². The van der Waals surface area contributed by atoms with E-state index in [0.29, 0.717) is 22.1 Å². The van der Waals surface area contributed by atoms with E-state index in [-0.39, 0.29) is 30.2 Å². The summed E-state index contributed by atoms with van der Waals surface area (Å²) in [4.78, 5) is 34.1. The molecule has 8 heteroatoms. The van der Waals surface area contributed by atoms with Gasteiger partial charge in [-0.05, 0) is 37.1 Å². The molecule has 144 valence electrons. The molecule has 2 aromatic carbocycles. The van der Waals surface area contributed by atoms with Crippen LogP contribution in [0.3, 0.4) is 0 Å². The van der Waals surface area contributed by atoms with Gasteiger partial charge in [-0.1, -0.05) is 12.1 Å². The second-order valence-corrected chi connectivity index (χ2v) is 6.03. The van der Waals surface area contributed by atoms with Gasteiger partial charge in [-0.2, -0.15) is 0 Å². The Labute approximate surface area is 159 Å². The van der Waals surface area contributed by atoms with Crippen molar-refractivity contribution in [3.63, 3.8) is 0 Å². The molecular formula is C20H17NO7. The summed E-state index contributed by atoms with van der Waals surface area (Å²) in [5, 5.41) is 11.9. The molecule has 0 aliphatic carbocycles. The number of aryl methyl sites for hydroxylation is 1. The Balaban J connectivity index is 1.87. The summed E-state index contributed by atoms with van der Waals surface area (Å²) in [5.41, 5.74) is 1.12. The van der Waals surface area contributed by atoms with Crippen molar-refractivity contribution in [1.82, 2.24) is 0 Å². The first-order valence-electron chi connectivity index (χ1n) is 8.50. The molecule has 0 spiro atoms. The van der Waals surface area contributed by atoms with Gasteiger partial charge in [0.15, 0.2) is 0 Å².